The number of rotatable bonds is 7. The van der Waals surface area contributed by atoms with Crippen LogP contribution in [0.3, 0.4) is 0 Å². The van der Waals surface area contributed by atoms with Crippen molar-refractivity contribution in [3.8, 4) is 5.75 Å². The molecular weight excluding hydrogens is 508 g/mol. The Morgan fingerprint density at radius 1 is 1.08 bits per heavy atom. The standard InChI is InChI=1S/C28H31ClN4O5/c1-16-7-8-20(13-17(16)2)33-27(37)22(14-29)18(3)25(28(33)38)31-30-23-6-4-5-21(26(23)36)19-9-11-32(12-10-19)15-24(34)35/h4-8,13,19,30,36H,9-12,14-15H2,1-3H3,(H,34,35)/b31-25+. The molecule has 2 aliphatic rings. The third-order valence-electron chi connectivity index (χ3n) is 7.30. The van der Waals surface area contributed by atoms with Gasteiger partial charge in [-0.25, -0.2) is 4.90 Å². The maximum absolute atomic E-state index is 13.5. The number of hydrogen-bond donors (Lipinski definition) is 3. The predicted molar refractivity (Wildman–Crippen MR) is 147 cm³/mol. The third-order valence-corrected chi connectivity index (χ3v) is 7.57. The van der Waals surface area contributed by atoms with E-state index < -0.39 is 17.8 Å². The molecule has 0 aromatic heterocycles. The second-order valence-corrected chi connectivity index (χ2v) is 9.98. The van der Waals surface area contributed by atoms with Gasteiger partial charge >= 0.3 is 5.97 Å². The first-order chi connectivity index (χ1) is 18.1. The van der Waals surface area contributed by atoms with Crippen LogP contribution in [0.1, 0.15) is 42.4 Å². The van der Waals surface area contributed by atoms with E-state index >= 15 is 0 Å². The van der Waals surface area contributed by atoms with Crippen molar-refractivity contribution in [2.24, 2.45) is 5.10 Å². The number of aryl methyl sites for hydroxylation is 2. The highest BCUT2D eigenvalue weighted by atomic mass is 35.5. The van der Waals surface area contributed by atoms with Crippen LogP contribution >= 0.6 is 11.6 Å². The minimum Gasteiger partial charge on any atom is -0.505 e. The van der Waals surface area contributed by atoms with Crippen LogP contribution < -0.4 is 10.3 Å². The molecule has 2 aromatic rings. The first kappa shape index (κ1) is 27.3. The van der Waals surface area contributed by atoms with E-state index in [1.165, 1.54) is 0 Å². The Hall–Kier alpha value is -3.69. The minimum atomic E-state index is -0.853. The molecular formula is C28H31ClN4O5. The zero-order valence-electron chi connectivity index (χ0n) is 21.6. The molecule has 2 aromatic carbocycles. The first-order valence-electron chi connectivity index (χ1n) is 12.4. The number of benzene rings is 2. The minimum absolute atomic E-state index is 0.00462. The Morgan fingerprint density at radius 2 is 1.79 bits per heavy atom. The largest absolute Gasteiger partial charge is 0.505 e. The fraction of sp³-hybridized carbons (Fsp3) is 0.357. The number of nitrogens with zero attached hydrogens (tertiary/aromatic N) is 3. The van der Waals surface area contributed by atoms with Gasteiger partial charge in [-0.05, 0) is 93.1 Å². The number of para-hydroxylation sites is 1. The molecule has 0 atom stereocenters. The van der Waals surface area contributed by atoms with Crippen LogP contribution in [0, 0.1) is 13.8 Å². The molecule has 2 amide bonds. The number of carboxylic acids is 1. The summed E-state index contributed by atoms with van der Waals surface area (Å²) in [6.07, 6.45) is 1.43. The molecule has 3 N–H and O–H groups in total. The molecule has 200 valence electrons. The lowest BCUT2D eigenvalue weighted by Crippen LogP contribution is -2.47. The van der Waals surface area contributed by atoms with Gasteiger partial charge < -0.3 is 10.2 Å². The molecule has 0 saturated carbocycles. The molecule has 0 radical (unpaired) electrons. The van der Waals surface area contributed by atoms with Crippen molar-refractivity contribution in [2.45, 2.75) is 39.5 Å². The average Bonchev–Trinajstić information content (AvgIpc) is 2.87. The van der Waals surface area contributed by atoms with Gasteiger partial charge in [-0.1, -0.05) is 18.2 Å². The van der Waals surface area contributed by atoms with Crippen LogP contribution in [0.2, 0.25) is 0 Å². The summed E-state index contributed by atoms with van der Waals surface area (Å²) in [4.78, 5) is 40.6. The number of hydrogen-bond acceptors (Lipinski definition) is 7. The van der Waals surface area contributed by atoms with Crippen molar-refractivity contribution < 1.29 is 24.6 Å². The average molecular weight is 539 g/mol. The smallest absolute Gasteiger partial charge is 0.317 e. The van der Waals surface area contributed by atoms with Gasteiger partial charge in [0.05, 0.1) is 23.8 Å². The van der Waals surface area contributed by atoms with Crippen LogP contribution in [0.25, 0.3) is 0 Å². The number of piperidine rings is 1. The van der Waals surface area contributed by atoms with Crippen molar-refractivity contribution in [1.82, 2.24) is 4.90 Å². The third kappa shape index (κ3) is 5.44. The maximum atomic E-state index is 13.5. The molecule has 0 unspecified atom stereocenters. The first-order valence-corrected chi connectivity index (χ1v) is 13.0. The van der Waals surface area contributed by atoms with Gasteiger partial charge in [0.25, 0.3) is 11.8 Å². The van der Waals surface area contributed by atoms with Gasteiger partial charge in [0.2, 0.25) is 0 Å². The summed E-state index contributed by atoms with van der Waals surface area (Å²) < 4.78 is 0. The Kier molecular flexibility index (Phi) is 8.18. The van der Waals surface area contributed by atoms with E-state index in [9.17, 15) is 19.5 Å². The summed E-state index contributed by atoms with van der Waals surface area (Å²) in [7, 11) is 0. The summed E-state index contributed by atoms with van der Waals surface area (Å²) >= 11 is 6.11. The predicted octanol–water partition coefficient (Wildman–Crippen LogP) is 4.17. The molecule has 4 rings (SSSR count). The molecule has 1 saturated heterocycles. The number of hydrazone groups is 1. The van der Waals surface area contributed by atoms with Crippen LogP contribution in [-0.4, -0.2) is 64.1 Å². The number of amides is 2. The summed E-state index contributed by atoms with van der Waals surface area (Å²) in [5.74, 6) is -1.92. The molecule has 2 aliphatic heterocycles. The fourth-order valence-corrected chi connectivity index (χ4v) is 5.19. The Morgan fingerprint density at radius 3 is 2.42 bits per heavy atom. The molecule has 1 fully saturated rings. The van der Waals surface area contributed by atoms with Crippen molar-refractivity contribution in [3.63, 3.8) is 0 Å². The highest BCUT2D eigenvalue weighted by Crippen LogP contribution is 2.38. The highest BCUT2D eigenvalue weighted by molar-refractivity contribution is 6.57. The number of carbonyl (C=O) groups excluding carboxylic acids is 2. The molecule has 0 spiro atoms. The summed E-state index contributed by atoms with van der Waals surface area (Å²) in [6, 6.07) is 10.6. The van der Waals surface area contributed by atoms with Crippen LogP contribution in [0.15, 0.2) is 52.6 Å². The SMILES string of the molecule is CC1=C(CCl)C(=O)N(c2ccc(C)c(C)c2)C(=O)/C1=N/Nc1cccc(C2CCN(CC(=O)O)CC2)c1O. The van der Waals surface area contributed by atoms with Gasteiger partial charge in [-0.2, -0.15) is 5.10 Å². The van der Waals surface area contributed by atoms with Gasteiger partial charge in [0.15, 0.2) is 5.71 Å². The van der Waals surface area contributed by atoms with Gasteiger partial charge in [-0.3, -0.25) is 24.7 Å². The number of imide groups is 1. The number of likely N-dealkylation sites (tertiary alicyclic amines) is 1. The van der Waals surface area contributed by atoms with Crippen molar-refractivity contribution in [2.75, 3.05) is 35.8 Å². The van der Waals surface area contributed by atoms with E-state index in [0.717, 1.165) is 21.6 Å². The van der Waals surface area contributed by atoms with Crippen molar-refractivity contribution in [1.29, 1.82) is 0 Å². The normalized spacial score (nSPS) is 18.4. The number of phenols is 1. The number of nitrogens with one attached hydrogen (secondary N) is 1. The molecule has 2 heterocycles. The topological polar surface area (TPSA) is 123 Å². The number of phenolic OH excluding ortho intramolecular Hbond substituents is 1. The number of carbonyl (C=O) groups is 3. The highest BCUT2D eigenvalue weighted by Gasteiger charge is 2.37. The lowest BCUT2D eigenvalue weighted by Gasteiger charge is -2.31. The second kappa shape index (κ2) is 11.4. The quantitative estimate of drug-likeness (QED) is 0.209. The van der Waals surface area contributed by atoms with Gasteiger partial charge in [0, 0.05) is 5.57 Å². The summed E-state index contributed by atoms with van der Waals surface area (Å²) in [5, 5.41) is 24.4. The lowest BCUT2D eigenvalue weighted by molar-refractivity contribution is -0.138. The number of aliphatic carboxylic acids is 1. The second-order valence-electron chi connectivity index (χ2n) is 9.71. The lowest BCUT2D eigenvalue weighted by atomic mass is 9.88. The van der Waals surface area contributed by atoms with E-state index in [1.807, 2.05) is 30.9 Å². The number of anilines is 2. The van der Waals surface area contributed by atoms with E-state index in [4.69, 9.17) is 16.7 Å². The van der Waals surface area contributed by atoms with Gasteiger partial charge in [0.1, 0.15) is 5.75 Å². The summed E-state index contributed by atoms with van der Waals surface area (Å²) in [5.41, 5.74) is 6.98. The van der Waals surface area contributed by atoms with Crippen LogP contribution in [0.4, 0.5) is 11.4 Å². The van der Waals surface area contributed by atoms with E-state index in [-0.39, 0.29) is 35.4 Å². The summed E-state index contributed by atoms with van der Waals surface area (Å²) in [6.45, 7) is 6.74. The number of aromatic hydroxyl groups is 1. The zero-order valence-corrected chi connectivity index (χ0v) is 22.4. The Bertz CT molecular complexity index is 1340. The number of carboxylic acid groups (broad SMARTS) is 1. The molecule has 10 heteroatoms. The maximum Gasteiger partial charge on any atom is 0.317 e. The fourth-order valence-electron chi connectivity index (χ4n) is 4.88. The van der Waals surface area contributed by atoms with E-state index in [1.54, 1.807) is 31.2 Å². The van der Waals surface area contributed by atoms with Crippen molar-refractivity contribution in [3.05, 3.63) is 64.2 Å². The van der Waals surface area contributed by atoms with E-state index in [2.05, 4.69) is 10.5 Å². The number of halogens is 1. The zero-order chi connectivity index (χ0) is 27.6. The monoisotopic (exact) mass is 538 g/mol. The van der Waals surface area contributed by atoms with Crippen molar-refractivity contribution >= 4 is 46.5 Å². The molecule has 0 bridgehead atoms. The van der Waals surface area contributed by atoms with Crippen LogP contribution in [0.5, 0.6) is 5.75 Å². The van der Waals surface area contributed by atoms with Gasteiger partial charge in [-0.15, -0.1) is 11.6 Å². The Labute approximate surface area is 226 Å². The van der Waals surface area contributed by atoms with Crippen LogP contribution in [-0.2, 0) is 14.4 Å². The molecule has 0 aliphatic carbocycles. The molecule has 9 nitrogen and oxygen atoms in total. The Balaban J connectivity index is 1.61. The van der Waals surface area contributed by atoms with E-state index in [0.29, 0.717) is 42.9 Å². The number of alkyl halides is 1. The molecule has 38 heavy (non-hydrogen) atoms.